The monoisotopic (exact) mass is 501 g/mol. The van der Waals surface area contributed by atoms with E-state index >= 15 is 0 Å². The number of amides is 2. The summed E-state index contributed by atoms with van der Waals surface area (Å²) in [6, 6.07) is 16.2. The van der Waals surface area contributed by atoms with Gasteiger partial charge in [0.2, 0.25) is 11.8 Å². The number of fused-ring (bicyclic) bond motifs is 1. The summed E-state index contributed by atoms with van der Waals surface area (Å²) in [6.07, 6.45) is 7.25. The largest absolute Gasteiger partial charge is 0.467 e. The standard InChI is InChI=1S/C30H35N3O4/c1-32-23-10-6-7-11-24(23)33(18-29-15-19-12-20(16-29)14-21(13-19)17-29)27(35)25(26(32)34)30(31,28(36)37-2)22-8-4-3-5-9-22/h3-11,19-21,25H,12-18,31H2,1-2H3. The van der Waals surface area contributed by atoms with E-state index in [0.29, 0.717) is 23.5 Å². The summed E-state index contributed by atoms with van der Waals surface area (Å²) in [6.45, 7) is 0.538. The van der Waals surface area contributed by atoms with Gasteiger partial charge in [-0.1, -0.05) is 42.5 Å². The number of methoxy groups -OCH3 is 1. The van der Waals surface area contributed by atoms with E-state index in [0.717, 1.165) is 37.0 Å². The van der Waals surface area contributed by atoms with Crippen LogP contribution in [0.5, 0.6) is 0 Å². The van der Waals surface area contributed by atoms with E-state index in [-0.39, 0.29) is 5.41 Å². The van der Waals surface area contributed by atoms with E-state index in [9.17, 15) is 14.4 Å². The first-order valence-electron chi connectivity index (χ1n) is 13.4. The number of anilines is 2. The number of hydrogen-bond donors (Lipinski definition) is 1. The Labute approximate surface area is 217 Å². The molecule has 2 atom stereocenters. The number of nitrogens with zero attached hydrogens (tertiary/aromatic N) is 2. The summed E-state index contributed by atoms with van der Waals surface area (Å²) in [4.78, 5) is 45.3. The van der Waals surface area contributed by atoms with E-state index in [1.54, 1.807) is 42.3 Å². The van der Waals surface area contributed by atoms with Crippen molar-refractivity contribution in [3.8, 4) is 0 Å². The van der Waals surface area contributed by atoms with Gasteiger partial charge < -0.3 is 20.3 Å². The first-order chi connectivity index (χ1) is 17.8. The lowest BCUT2D eigenvalue weighted by molar-refractivity contribution is -0.155. The third-order valence-electron chi connectivity index (χ3n) is 9.51. The molecule has 0 radical (unpaired) electrons. The molecule has 4 aliphatic carbocycles. The van der Waals surface area contributed by atoms with Crippen LogP contribution in [0.1, 0.15) is 44.1 Å². The van der Waals surface area contributed by atoms with E-state index < -0.39 is 29.2 Å². The normalized spacial score (nSPS) is 32.1. The third-order valence-corrected chi connectivity index (χ3v) is 9.51. The zero-order chi connectivity index (χ0) is 25.9. The summed E-state index contributed by atoms with van der Waals surface area (Å²) >= 11 is 0. The van der Waals surface area contributed by atoms with Gasteiger partial charge in [0.25, 0.3) is 0 Å². The molecule has 2 amide bonds. The fourth-order valence-corrected chi connectivity index (χ4v) is 8.33. The molecule has 0 saturated heterocycles. The van der Waals surface area contributed by atoms with Gasteiger partial charge in [-0.15, -0.1) is 0 Å². The first kappa shape index (κ1) is 24.2. The van der Waals surface area contributed by atoms with Gasteiger partial charge in [-0.05, 0) is 79.4 Å². The molecule has 194 valence electrons. The van der Waals surface area contributed by atoms with Crippen molar-refractivity contribution in [1.29, 1.82) is 0 Å². The number of esters is 1. The molecule has 2 aromatic rings. The molecule has 2 unspecified atom stereocenters. The highest BCUT2D eigenvalue weighted by Crippen LogP contribution is 2.60. The summed E-state index contributed by atoms with van der Waals surface area (Å²) in [5.74, 6) is -1.06. The van der Waals surface area contributed by atoms with Crippen LogP contribution in [0, 0.1) is 29.1 Å². The molecule has 2 N–H and O–H groups in total. The summed E-state index contributed by atoms with van der Waals surface area (Å²) in [5, 5.41) is 0. The number of para-hydroxylation sites is 2. The Morgan fingerprint density at radius 2 is 1.46 bits per heavy atom. The van der Waals surface area contributed by atoms with Crippen molar-refractivity contribution in [2.24, 2.45) is 34.8 Å². The van der Waals surface area contributed by atoms with E-state index in [4.69, 9.17) is 10.5 Å². The molecule has 5 aliphatic rings. The predicted octanol–water partition coefficient (Wildman–Crippen LogP) is 3.86. The molecule has 7 heteroatoms. The molecule has 7 nitrogen and oxygen atoms in total. The minimum atomic E-state index is -1.97. The van der Waals surface area contributed by atoms with Crippen LogP contribution in [0.25, 0.3) is 0 Å². The maximum Gasteiger partial charge on any atom is 0.331 e. The molecule has 0 spiro atoms. The van der Waals surface area contributed by atoms with Gasteiger partial charge >= 0.3 is 5.97 Å². The van der Waals surface area contributed by atoms with Crippen LogP contribution in [-0.2, 0) is 24.7 Å². The second-order valence-corrected chi connectivity index (χ2v) is 11.9. The van der Waals surface area contributed by atoms with E-state index in [1.165, 1.54) is 31.3 Å². The van der Waals surface area contributed by atoms with Gasteiger partial charge in [-0.3, -0.25) is 9.59 Å². The van der Waals surface area contributed by atoms with Crippen LogP contribution in [0.2, 0.25) is 0 Å². The number of carbonyl (C=O) groups is 3. The first-order valence-corrected chi connectivity index (χ1v) is 13.4. The summed E-state index contributed by atoms with van der Waals surface area (Å²) in [5.41, 5.74) is 6.63. The maximum absolute atomic E-state index is 14.6. The maximum atomic E-state index is 14.6. The molecule has 2 aromatic carbocycles. The molecule has 4 saturated carbocycles. The van der Waals surface area contributed by atoms with E-state index in [1.807, 2.05) is 24.3 Å². The Hall–Kier alpha value is -3.19. The number of benzene rings is 2. The molecule has 1 heterocycles. The van der Waals surface area contributed by atoms with Crippen LogP contribution in [0.3, 0.4) is 0 Å². The summed E-state index contributed by atoms with van der Waals surface area (Å²) < 4.78 is 5.14. The van der Waals surface area contributed by atoms with Crippen molar-refractivity contribution >= 4 is 29.2 Å². The number of rotatable bonds is 5. The fourth-order valence-electron chi connectivity index (χ4n) is 8.33. The lowest BCUT2D eigenvalue weighted by Gasteiger charge is -2.58. The lowest BCUT2D eigenvalue weighted by atomic mass is 9.49. The second kappa shape index (κ2) is 8.69. The lowest BCUT2D eigenvalue weighted by Crippen LogP contribution is -2.62. The van der Waals surface area contributed by atoms with Gasteiger partial charge in [0.1, 0.15) is 0 Å². The van der Waals surface area contributed by atoms with Crippen LogP contribution in [0.4, 0.5) is 11.4 Å². The molecule has 37 heavy (non-hydrogen) atoms. The minimum Gasteiger partial charge on any atom is -0.467 e. The smallest absolute Gasteiger partial charge is 0.331 e. The Morgan fingerprint density at radius 3 is 2.03 bits per heavy atom. The number of ether oxygens (including phenoxy) is 1. The van der Waals surface area contributed by atoms with Crippen LogP contribution in [0.15, 0.2) is 54.6 Å². The van der Waals surface area contributed by atoms with Crippen LogP contribution >= 0.6 is 0 Å². The predicted molar refractivity (Wildman–Crippen MR) is 141 cm³/mol. The van der Waals surface area contributed by atoms with Gasteiger partial charge in [-0.2, -0.15) is 0 Å². The van der Waals surface area contributed by atoms with Crippen molar-refractivity contribution in [2.45, 2.75) is 44.1 Å². The highest BCUT2D eigenvalue weighted by Gasteiger charge is 2.58. The van der Waals surface area contributed by atoms with Gasteiger partial charge in [0.05, 0.1) is 18.5 Å². The Bertz CT molecular complexity index is 1210. The van der Waals surface area contributed by atoms with Gasteiger partial charge in [-0.25, -0.2) is 4.79 Å². The Balaban J connectivity index is 1.48. The Morgan fingerprint density at radius 1 is 0.919 bits per heavy atom. The van der Waals surface area contributed by atoms with Crippen molar-refractivity contribution in [3.63, 3.8) is 0 Å². The molecule has 4 fully saturated rings. The molecule has 0 aromatic heterocycles. The molecule has 4 bridgehead atoms. The van der Waals surface area contributed by atoms with Gasteiger partial charge in [0, 0.05) is 13.6 Å². The van der Waals surface area contributed by atoms with E-state index in [2.05, 4.69) is 0 Å². The quantitative estimate of drug-likeness (QED) is 0.496. The highest BCUT2D eigenvalue weighted by atomic mass is 16.5. The summed E-state index contributed by atoms with van der Waals surface area (Å²) in [7, 11) is 2.89. The van der Waals surface area contributed by atoms with Crippen molar-refractivity contribution in [1.82, 2.24) is 0 Å². The molecule has 1 aliphatic heterocycles. The van der Waals surface area contributed by atoms with Gasteiger partial charge in [0.15, 0.2) is 11.5 Å². The minimum absolute atomic E-state index is 0.0311. The average Bonchev–Trinajstić information content (AvgIpc) is 2.97. The fraction of sp³-hybridized carbons (Fsp3) is 0.500. The zero-order valence-electron chi connectivity index (χ0n) is 21.6. The van der Waals surface area contributed by atoms with Crippen LogP contribution in [-0.4, -0.2) is 38.5 Å². The average molecular weight is 502 g/mol. The highest BCUT2D eigenvalue weighted by molar-refractivity contribution is 6.20. The SMILES string of the molecule is COC(=O)C(N)(c1ccccc1)C1C(=O)N(C)c2ccccc2N(CC23CC4CC(CC(C4)C2)C3)C1=O. The van der Waals surface area contributed by atoms with Crippen molar-refractivity contribution in [2.75, 3.05) is 30.5 Å². The van der Waals surface area contributed by atoms with Crippen LogP contribution < -0.4 is 15.5 Å². The number of carbonyl (C=O) groups excluding carboxylic acids is 3. The number of nitrogens with two attached hydrogens (primary N) is 1. The third kappa shape index (κ3) is 3.69. The van der Waals surface area contributed by atoms with Crippen molar-refractivity contribution in [3.05, 3.63) is 60.2 Å². The second-order valence-electron chi connectivity index (χ2n) is 11.9. The Kier molecular flexibility index (Phi) is 5.68. The number of hydrogen-bond acceptors (Lipinski definition) is 5. The molecular formula is C30H35N3O4. The molecular weight excluding hydrogens is 466 g/mol. The van der Waals surface area contributed by atoms with Crippen molar-refractivity contribution < 1.29 is 19.1 Å². The molecule has 7 rings (SSSR count). The topological polar surface area (TPSA) is 92.9 Å². The zero-order valence-corrected chi connectivity index (χ0v) is 21.6.